The Morgan fingerprint density at radius 2 is 1.23 bits per heavy atom. The summed E-state index contributed by atoms with van der Waals surface area (Å²) in [6, 6.07) is 8.29. The molecule has 2 heteroatoms. The van der Waals surface area contributed by atoms with Gasteiger partial charge in [0.15, 0.2) is 0 Å². The van der Waals surface area contributed by atoms with Gasteiger partial charge in [0.1, 0.15) is 0 Å². The number of hydrogen-bond acceptors (Lipinski definition) is 1. The zero-order chi connectivity index (χ0) is 21.9. The van der Waals surface area contributed by atoms with E-state index in [1.165, 1.54) is 108 Å². The van der Waals surface area contributed by atoms with E-state index >= 15 is 0 Å². The summed E-state index contributed by atoms with van der Waals surface area (Å²) in [5.74, 6) is 0.904. The van der Waals surface area contributed by atoms with E-state index in [9.17, 15) is 4.79 Å². The number of carbonyl (C=O) groups excluding carboxylic acids is 1. The zero-order valence-electron chi connectivity index (χ0n) is 20.3. The SMILES string of the molecule is CCCCCCCCC(CCCCCCCC)CCCc1ccccc1NC(C)=O. The minimum atomic E-state index is 0.0199. The molecule has 0 unspecified atom stereocenters. The van der Waals surface area contributed by atoms with E-state index in [1.54, 1.807) is 6.92 Å². The first kappa shape index (κ1) is 26.7. The van der Waals surface area contributed by atoms with Crippen LogP contribution in [0.3, 0.4) is 0 Å². The Kier molecular flexibility index (Phi) is 16.4. The molecule has 2 nitrogen and oxygen atoms in total. The molecule has 30 heavy (non-hydrogen) atoms. The Labute approximate surface area is 187 Å². The highest BCUT2D eigenvalue weighted by molar-refractivity contribution is 5.89. The fraction of sp³-hybridized carbons (Fsp3) is 0.750. The smallest absolute Gasteiger partial charge is 0.221 e. The minimum Gasteiger partial charge on any atom is -0.326 e. The number of aryl methyl sites for hydroxylation is 1. The van der Waals surface area contributed by atoms with E-state index in [1.807, 2.05) is 12.1 Å². The van der Waals surface area contributed by atoms with Crippen LogP contribution in [0.2, 0.25) is 0 Å². The first-order valence-corrected chi connectivity index (χ1v) is 13.0. The van der Waals surface area contributed by atoms with Crippen LogP contribution in [0.4, 0.5) is 5.69 Å². The van der Waals surface area contributed by atoms with Crippen LogP contribution < -0.4 is 5.32 Å². The van der Waals surface area contributed by atoms with Crippen molar-refractivity contribution in [2.24, 2.45) is 5.92 Å². The Morgan fingerprint density at radius 3 is 1.80 bits per heavy atom. The van der Waals surface area contributed by atoms with Crippen molar-refractivity contribution in [1.82, 2.24) is 0 Å². The number of unbranched alkanes of at least 4 members (excludes halogenated alkanes) is 10. The van der Waals surface area contributed by atoms with Gasteiger partial charge in [0.2, 0.25) is 5.91 Å². The maximum absolute atomic E-state index is 11.5. The lowest BCUT2D eigenvalue weighted by atomic mass is 9.89. The first-order chi connectivity index (χ1) is 14.7. The largest absolute Gasteiger partial charge is 0.326 e. The van der Waals surface area contributed by atoms with Gasteiger partial charge in [-0.25, -0.2) is 0 Å². The van der Waals surface area contributed by atoms with Crippen molar-refractivity contribution in [3.63, 3.8) is 0 Å². The van der Waals surface area contributed by atoms with E-state index < -0.39 is 0 Å². The Hall–Kier alpha value is -1.31. The normalized spacial score (nSPS) is 11.2. The molecule has 0 saturated heterocycles. The number of amides is 1. The molecule has 0 spiro atoms. The Balaban J connectivity index is 2.40. The van der Waals surface area contributed by atoms with Crippen LogP contribution in [0.1, 0.15) is 129 Å². The molecule has 1 rings (SSSR count). The van der Waals surface area contributed by atoms with Crippen LogP contribution in [0.5, 0.6) is 0 Å². The maximum atomic E-state index is 11.5. The van der Waals surface area contributed by atoms with Gasteiger partial charge >= 0.3 is 0 Å². The second-order valence-electron chi connectivity index (χ2n) is 9.21. The first-order valence-electron chi connectivity index (χ1n) is 13.0. The van der Waals surface area contributed by atoms with E-state index in [0.717, 1.165) is 18.0 Å². The van der Waals surface area contributed by atoms with Gasteiger partial charge in [-0.1, -0.05) is 128 Å². The van der Waals surface area contributed by atoms with Gasteiger partial charge in [-0.15, -0.1) is 0 Å². The van der Waals surface area contributed by atoms with Crippen molar-refractivity contribution in [2.45, 2.75) is 130 Å². The lowest BCUT2D eigenvalue weighted by molar-refractivity contribution is -0.114. The molecule has 1 aromatic carbocycles. The Bertz CT molecular complexity index is 523. The van der Waals surface area contributed by atoms with Crippen molar-refractivity contribution in [1.29, 1.82) is 0 Å². The third-order valence-electron chi connectivity index (χ3n) is 6.32. The fourth-order valence-corrected chi connectivity index (χ4v) is 4.49. The minimum absolute atomic E-state index is 0.0199. The predicted octanol–water partition coefficient (Wildman–Crippen LogP) is 9.09. The van der Waals surface area contributed by atoms with Gasteiger partial charge in [0, 0.05) is 12.6 Å². The summed E-state index contributed by atoms with van der Waals surface area (Å²) in [6.07, 6.45) is 23.2. The highest BCUT2D eigenvalue weighted by Crippen LogP contribution is 2.25. The number of nitrogens with one attached hydrogen (secondary N) is 1. The molecular formula is C28H49NO. The number of rotatable bonds is 19. The molecule has 0 aromatic heterocycles. The van der Waals surface area contributed by atoms with Gasteiger partial charge in [0.25, 0.3) is 0 Å². The zero-order valence-corrected chi connectivity index (χ0v) is 20.3. The van der Waals surface area contributed by atoms with Crippen LogP contribution in [0.15, 0.2) is 24.3 Å². The molecule has 0 saturated carbocycles. The number of carbonyl (C=O) groups is 1. The Morgan fingerprint density at radius 1 is 0.733 bits per heavy atom. The summed E-state index contributed by atoms with van der Waals surface area (Å²) < 4.78 is 0. The highest BCUT2D eigenvalue weighted by Gasteiger charge is 2.10. The summed E-state index contributed by atoms with van der Waals surface area (Å²) in [5.41, 5.74) is 2.28. The van der Waals surface area contributed by atoms with Crippen LogP contribution in [0, 0.1) is 5.92 Å². The number of para-hydroxylation sites is 1. The molecule has 0 aliphatic heterocycles. The summed E-state index contributed by atoms with van der Waals surface area (Å²) in [7, 11) is 0. The van der Waals surface area contributed by atoms with Gasteiger partial charge in [0.05, 0.1) is 0 Å². The molecule has 172 valence electrons. The third kappa shape index (κ3) is 13.8. The van der Waals surface area contributed by atoms with E-state index in [-0.39, 0.29) is 5.91 Å². The van der Waals surface area contributed by atoms with E-state index in [0.29, 0.717) is 0 Å². The number of anilines is 1. The number of benzene rings is 1. The summed E-state index contributed by atoms with van der Waals surface area (Å²) in [4.78, 5) is 11.5. The second kappa shape index (κ2) is 18.5. The molecule has 0 radical (unpaired) electrons. The van der Waals surface area contributed by atoms with Crippen molar-refractivity contribution in [3.05, 3.63) is 29.8 Å². The molecule has 0 heterocycles. The average molecular weight is 416 g/mol. The lowest BCUT2D eigenvalue weighted by Crippen LogP contribution is -2.08. The summed E-state index contributed by atoms with van der Waals surface area (Å²) >= 11 is 0. The van der Waals surface area contributed by atoms with Crippen LogP contribution in [-0.2, 0) is 11.2 Å². The van der Waals surface area contributed by atoms with Crippen LogP contribution >= 0.6 is 0 Å². The van der Waals surface area contributed by atoms with E-state index in [4.69, 9.17) is 0 Å². The summed E-state index contributed by atoms with van der Waals surface area (Å²) in [6.45, 7) is 6.18. The van der Waals surface area contributed by atoms with Crippen molar-refractivity contribution < 1.29 is 4.79 Å². The molecule has 1 N–H and O–H groups in total. The standard InChI is InChI=1S/C28H49NO/c1-4-6-8-10-12-14-19-26(20-15-13-11-9-7-5-2)21-18-23-27-22-16-17-24-28(27)29-25(3)30/h16-17,22,24,26H,4-15,18-21,23H2,1-3H3,(H,29,30). The van der Waals surface area contributed by atoms with Crippen LogP contribution in [-0.4, -0.2) is 5.91 Å². The fourth-order valence-electron chi connectivity index (χ4n) is 4.49. The molecule has 0 bridgehead atoms. The topological polar surface area (TPSA) is 29.1 Å². The molecular weight excluding hydrogens is 366 g/mol. The van der Waals surface area contributed by atoms with Crippen molar-refractivity contribution in [2.75, 3.05) is 5.32 Å². The van der Waals surface area contributed by atoms with Gasteiger partial charge in [-0.2, -0.15) is 0 Å². The predicted molar refractivity (Wildman–Crippen MR) is 133 cm³/mol. The summed E-state index contributed by atoms with van der Waals surface area (Å²) in [5, 5.41) is 2.99. The van der Waals surface area contributed by atoms with Crippen molar-refractivity contribution in [3.8, 4) is 0 Å². The number of hydrogen-bond donors (Lipinski definition) is 1. The molecule has 0 fully saturated rings. The monoisotopic (exact) mass is 415 g/mol. The van der Waals surface area contributed by atoms with Gasteiger partial charge in [-0.3, -0.25) is 4.79 Å². The van der Waals surface area contributed by atoms with Crippen LogP contribution in [0.25, 0.3) is 0 Å². The van der Waals surface area contributed by atoms with E-state index in [2.05, 4.69) is 31.3 Å². The van der Waals surface area contributed by atoms with Gasteiger partial charge < -0.3 is 5.32 Å². The molecule has 0 aliphatic rings. The second-order valence-corrected chi connectivity index (χ2v) is 9.21. The molecule has 0 aliphatic carbocycles. The molecule has 0 atom stereocenters. The third-order valence-corrected chi connectivity index (χ3v) is 6.32. The molecule has 1 aromatic rings. The highest BCUT2D eigenvalue weighted by atomic mass is 16.1. The molecule has 1 amide bonds. The quantitative estimate of drug-likeness (QED) is 0.224. The lowest BCUT2D eigenvalue weighted by Gasteiger charge is -2.18. The maximum Gasteiger partial charge on any atom is 0.221 e. The average Bonchev–Trinajstić information content (AvgIpc) is 2.73. The van der Waals surface area contributed by atoms with Gasteiger partial charge in [-0.05, 0) is 30.4 Å². The van der Waals surface area contributed by atoms with Crippen molar-refractivity contribution >= 4 is 11.6 Å².